The number of aromatic nitrogens is 2. The minimum atomic E-state index is -0.216. The molecule has 4 nitrogen and oxygen atoms in total. The van der Waals surface area contributed by atoms with Gasteiger partial charge >= 0.3 is 0 Å². The average molecular weight is 334 g/mol. The molecule has 3 aromatic rings. The molecule has 2 heterocycles. The first kappa shape index (κ1) is 15.6. The number of rotatable bonds is 4. The quantitative estimate of drug-likeness (QED) is 0.772. The van der Waals surface area contributed by atoms with Gasteiger partial charge < -0.3 is 10.2 Å². The van der Waals surface area contributed by atoms with Gasteiger partial charge in [-0.05, 0) is 37.1 Å². The standard InChI is InChI=1S/C20H19FN4/c1-14-12-15-6-3-5-9-18(15)25(14)20-22-11-10-19(24-20)23-13-16-7-2-4-8-17(16)21/h2-11,14H,12-13H2,1H3,(H,22,23,24). The van der Waals surface area contributed by atoms with Gasteiger partial charge in [0.15, 0.2) is 0 Å². The van der Waals surface area contributed by atoms with E-state index in [0.29, 0.717) is 29.9 Å². The summed E-state index contributed by atoms with van der Waals surface area (Å²) in [4.78, 5) is 11.2. The third-order valence-corrected chi connectivity index (χ3v) is 4.48. The summed E-state index contributed by atoms with van der Waals surface area (Å²) >= 11 is 0. The molecule has 25 heavy (non-hydrogen) atoms. The fraction of sp³-hybridized carbons (Fsp3) is 0.200. The summed E-state index contributed by atoms with van der Waals surface area (Å²) in [6.07, 6.45) is 2.71. The molecule has 0 spiro atoms. The van der Waals surface area contributed by atoms with Crippen LogP contribution in [0.2, 0.25) is 0 Å². The highest BCUT2D eigenvalue weighted by Gasteiger charge is 2.28. The Kier molecular flexibility index (Phi) is 4.06. The molecule has 1 unspecified atom stereocenters. The number of anilines is 3. The Labute approximate surface area is 146 Å². The van der Waals surface area contributed by atoms with Crippen LogP contribution in [0.4, 0.5) is 21.8 Å². The van der Waals surface area contributed by atoms with E-state index in [0.717, 1.165) is 12.1 Å². The number of fused-ring (bicyclic) bond motifs is 1. The lowest BCUT2D eigenvalue weighted by molar-refractivity contribution is 0.613. The summed E-state index contributed by atoms with van der Waals surface area (Å²) < 4.78 is 13.8. The van der Waals surface area contributed by atoms with Crippen LogP contribution in [0.1, 0.15) is 18.1 Å². The number of benzene rings is 2. The molecule has 0 saturated heterocycles. The van der Waals surface area contributed by atoms with Gasteiger partial charge in [-0.25, -0.2) is 9.37 Å². The van der Waals surface area contributed by atoms with Gasteiger partial charge in [0.1, 0.15) is 11.6 Å². The van der Waals surface area contributed by atoms with Crippen LogP contribution in [-0.2, 0) is 13.0 Å². The van der Waals surface area contributed by atoms with E-state index < -0.39 is 0 Å². The van der Waals surface area contributed by atoms with E-state index in [1.54, 1.807) is 24.4 Å². The summed E-state index contributed by atoms with van der Waals surface area (Å²) in [7, 11) is 0. The Morgan fingerprint density at radius 1 is 1.12 bits per heavy atom. The first-order chi connectivity index (χ1) is 12.2. The first-order valence-electron chi connectivity index (χ1n) is 8.40. The molecule has 5 heteroatoms. The molecule has 2 aromatic carbocycles. The summed E-state index contributed by atoms with van der Waals surface area (Å²) in [5.74, 6) is 1.13. The van der Waals surface area contributed by atoms with Crippen LogP contribution >= 0.6 is 0 Å². The second-order valence-corrected chi connectivity index (χ2v) is 6.24. The van der Waals surface area contributed by atoms with Gasteiger partial charge in [0.25, 0.3) is 0 Å². The third kappa shape index (κ3) is 3.05. The van der Waals surface area contributed by atoms with Crippen LogP contribution in [0.25, 0.3) is 0 Å². The third-order valence-electron chi connectivity index (χ3n) is 4.48. The second kappa shape index (κ2) is 6.51. The highest BCUT2D eigenvalue weighted by Crippen LogP contribution is 2.36. The second-order valence-electron chi connectivity index (χ2n) is 6.24. The summed E-state index contributed by atoms with van der Waals surface area (Å²) in [5.41, 5.74) is 3.08. The lowest BCUT2D eigenvalue weighted by Crippen LogP contribution is -2.26. The average Bonchev–Trinajstić information content (AvgIpc) is 2.97. The number of para-hydroxylation sites is 1. The van der Waals surface area contributed by atoms with Gasteiger partial charge in [0, 0.05) is 30.0 Å². The zero-order chi connectivity index (χ0) is 17.2. The van der Waals surface area contributed by atoms with E-state index in [1.165, 1.54) is 11.6 Å². The maximum Gasteiger partial charge on any atom is 0.232 e. The highest BCUT2D eigenvalue weighted by atomic mass is 19.1. The van der Waals surface area contributed by atoms with Crippen molar-refractivity contribution in [2.45, 2.75) is 25.9 Å². The first-order valence-corrected chi connectivity index (χ1v) is 8.40. The van der Waals surface area contributed by atoms with Gasteiger partial charge in [0.05, 0.1) is 0 Å². The number of halogens is 1. The molecular formula is C20H19FN4. The fourth-order valence-electron chi connectivity index (χ4n) is 3.26. The number of hydrogen-bond donors (Lipinski definition) is 1. The van der Waals surface area contributed by atoms with Crippen LogP contribution in [0.3, 0.4) is 0 Å². The molecule has 0 saturated carbocycles. The van der Waals surface area contributed by atoms with Crippen molar-refractivity contribution in [2.24, 2.45) is 0 Å². The van der Waals surface area contributed by atoms with Crippen LogP contribution in [0, 0.1) is 5.82 Å². The lowest BCUT2D eigenvalue weighted by Gasteiger charge is -2.23. The Morgan fingerprint density at radius 3 is 2.80 bits per heavy atom. The molecule has 0 amide bonds. The molecule has 4 rings (SSSR count). The molecule has 0 aliphatic carbocycles. The molecule has 1 N–H and O–H groups in total. The van der Waals surface area contributed by atoms with Crippen molar-refractivity contribution in [1.29, 1.82) is 0 Å². The van der Waals surface area contributed by atoms with Gasteiger partial charge in [-0.1, -0.05) is 36.4 Å². The minimum Gasteiger partial charge on any atom is -0.366 e. The Balaban J connectivity index is 1.57. The predicted octanol–water partition coefficient (Wildman–Crippen LogP) is 4.31. The molecule has 1 aliphatic heterocycles. The molecule has 0 bridgehead atoms. The summed E-state index contributed by atoms with van der Waals surface area (Å²) in [5, 5.41) is 3.19. The molecule has 1 aliphatic rings. The molecule has 0 radical (unpaired) electrons. The van der Waals surface area contributed by atoms with Crippen molar-refractivity contribution in [2.75, 3.05) is 10.2 Å². The monoisotopic (exact) mass is 334 g/mol. The van der Waals surface area contributed by atoms with Gasteiger partial charge in [-0.15, -0.1) is 0 Å². The number of nitrogens with one attached hydrogen (secondary N) is 1. The number of hydrogen-bond acceptors (Lipinski definition) is 4. The molecular weight excluding hydrogens is 315 g/mol. The molecule has 1 atom stereocenters. The van der Waals surface area contributed by atoms with Crippen molar-refractivity contribution in [3.63, 3.8) is 0 Å². The van der Waals surface area contributed by atoms with E-state index in [2.05, 4.69) is 45.3 Å². The van der Waals surface area contributed by atoms with Crippen molar-refractivity contribution >= 4 is 17.5 Å². The maximum atomic E-state index is 13.8. The van der Waals surface area contributed by atoms with Crippen LogP contribution in [0.15, 0.2) is 60.8 Å². The van der Waals surface area contributed by atoms with Gasteiger partial charge in [0.2, 0.25) is 5.95 Å². The smallest absolute Gasteiger partial charge is 0.232 e. The van der Waals surface area contributed by atoms with Crippen molar-refractivity contribution in [3.05, 3.63) is 77.7 Å². The largest absolute Gasteiger partial charge is 0.366 e. The zero-order valence-electron chi connectivity index (χ0n) is 14.0. The molecule has 1 aromatic heterocycles. The van der Waals surface area contributed by atoms with Crippen LogP contribution < -0.4 is 10.2 Å². The van der Waals surface area contributed by atoms with E-state index in [9.17, 15) is 4.39 Å². The normalized spacial score (nSPS) is 15.9. The van der Waals surface area contributed by atoms with Crippen LogP contribution in [0.5, 0.6) is 0 Å². The minimum absolute atomic E-state index is 0.216. The molecule has 0 fully saturated rings. The Hall–Kier alpha value is -2.95. The van der Waals surface area contributed by atoms with Crippen LogP contribution in [-0.4, -0.2) is 16.0 Å². The van der Waals surface area contributed by atoms with E-state index in [4.69, 9.17) is 0 Å². The molecule has 126 valence electrons. The highest BCUT2D eigenvalue weighted by molar-refractivity contribution is 5.67. The fourth-order valence-corrected chi connectivity index (χ4v) is 3.26. The Bertz CT molecular complexity index is 896. The zero-order valence-corrected chi connectivity index (χ0v) is 14.0. The van der Waals surface area contributed by atoms with Crippen molar-refractivity contribution in [3.8, 4) is 0 Å². The predicted molar refractivity (Wildman–Crippen MR) is 97.5 cm³/mol. The van der Waals surface area contributed by atoms with E-state index >= 15 is 0 Å². The van der Waals surface area contributed by atoms with E-state index in [1.807, 2.05) is 12.1 Å². The van der Waals surface area contributed by atoms with E-state index in [-0.39, 0.29) is 5.82 Å². The Morgan fingerprint density at radius 2 is 1.92 bits per heavy atom. The maximum absolute atomic E-state index is 13.8. The van der Waals surface area contributed by atoms with Gasteiger partial charge in [-0.3, -0.25) is 0 Å². The topological polar surface area (TPSA) is 41.1 Å². The number of nitrogens with zero attached hydrogens (tertiary/aromatic N) is 3. The lowest BCUT2D eigenvalue weighted by atomic mass is 10.1. The van der Waals surface area contributed by atoms with Crippen molar-refractivity contribution < 1.29 is 4.39 Å². The summed E-state index contributed by atoms with van der Waals surface area (Å²) in [6, 6.07) is 17.2. The van der Waals surface area contributed by atoms with Crippen molar-refractivity contribution in [1.82, 2.24) is 9.97 Å². The van der Waals surface area contributed by atoms with Gasteiger partial charge in [-0.2, -0.15) is 4.98 Å². The summed E-state index contributed by atoms with van der Waals surface area (Å²) in [6.45, 7) is 2.55. The SMILES string of the molecule is CC1Cc2ccccc2N1c1nccc(NCc2ccccc2F)n1.